The number of likely N-dealkylation sites (tertiary alicyclic amines) is 1. The number of hydrogen-bond acceptors (Lipinski definition) is 4. The zero-order chi connectivity index (χ0) is 22.8. The first-order valence-corrected chi connectivity index (χ1v) is 11.3. The van der Waals surface area contributed by atoms with Crippen LogP contribution in [-0.4, -0.2) is 32.5 Å². The highest BCUT2D eigenvalue weighted by Crippen LogP contribution is 2.22. The molecule has 2 aromatic heterocycles. The van der Waals surface area contributed by atoms with E-state index in [0.717, 1.165) is 31.0 Å². The van der Waals surface area contributed by atoms with Gasteiger partial charge in [0.1, 0.15) is 11.6 Å². The van der Waals surface area contributed by atoms with Crippen molar-refractivity contribution in [2.75, 3.05) is 13.1 Å². The summed E-state index contributed by atoms with van der Waals surface area (Å²) in [5.74, 6) is -0.103. The van der Waals surface area contributed by atoms with E-state index in [1.165, 1.54) is 35.6 Å². The maximum Gasteiger partial charge on any atom is 0.266 e. The van der Waals surface area contributed by atoms with Gasteiger partial charge in [0.25, 0.3) is 5.56 Å². The van der Waals surface area contributed by atoms with Gasteiger partial charge in [0.2, 0.25) is 0 Å². The number of fused-ring (bicyclic) bond motifs is 1. The van der Waals surface area contributed by atoms with Crippen LogP contribution in [0.2, 0.25) is 5.02 Å². The topological polar surface area (TPSA) is 51.0 Å². The van der Waals surface area contributed by atoms with Crippen molar-refractivity contribution in [2.45, 2.75) is 19.4 Å². The molecule has 0 unspecified atom stereocenters. The predicted octanol–water partition coefficient (Wildman–Crippen LogP) is 5.34. The number of rotatable bonds is 5. The lowest BCUT2D eigenvalue weighted by molar-refractivity contribution is 0.327. The van der Waals surface area contributed by atoms with Crippen LogP contribution in [0, 0.1) is 5.82 Å². The smallest absolute Gasteiger partial charge is 0.266 e. The van der Waals surface area contributed by atoms with Crippen LogP contribution in [0.4, 0.5) is 4.39 Å². The zero-order valence-electron chi connectivity index (χ0n) is 17.9. The summed E-state index contributed by atoms with van der Waals surface area (Å²) in [7, 11) is 0. The van der Waals surface area contributed by atoms with E-state index < -0.39 is 5.82 Å². The Bertz CT molecular complexity index is 1410. The molecule has 1 saturated heterocycles. The summed E-state index contributed by atoms with van der Waals surface area (Å²) in [6, 6.07) is 17.0. The normalized spacial score (nSPS) is 14.5. The number of hydrogen-bond donors (Lipinski definition) is 0. The molecule has 7 heteroatoms. The van der Waals surface area contributed by atoms with Gasteiger partial charge in [-0.25, -0.2) is 9.37 Å². The SMILES string of the molecule is O=c1c2cc(F)ccc2nc(C=Cc2cccc(CN3CCCC3)n2)n1-c1ccccc1Cl. The Morgan fingerprint density at radius 3 is 2.61 bits per heavy atom. The van der Waals surface area contributed by atoms with Gasteiger partial charge in [-0.15, -0.1) is 0 Å². The Morgan fingerprint density at radius 1 is 0.970 bits per heavy atom. The summed E-state index contributed by atoms with van der Waals surface area (Å²) in [6.07, 6.45) is 6.04. The summed E-state index contributed by atoms with van der Waals surface area (Å²) < 4.78 is 15.3. The van der Waals surface area contributed by atoms with Gasteiger partial charge in [0.15, 0.2) is 0 Å². The van der Waals surface area contributed by atoms with Crippen molar-refractivity contribution in [3.8, 4) is 5.69 Å². The van der Waals surface area contributed by atoms with Crippen LogP contribution in [0.25, 0.3) is 28.7 Å². The van der Waals surface area contributed by atoms with Crippen LogP contribution in [0.5, 0.6) is 0 Å². The molecule has 1 aliphatic rings. The quantitative estimate of drug-likeness (QED) is 0.403. The standard InChI is InChI=1S/C26H22ClFN4O/c27-22-8-1-2-9-24(22)32-25(30-23-12-10-18(28)16-21(23)26(32)33)13-11-19-6-5-7-20(29-19)17-31-14-3-4-15-31/h1-2,5-13,16H,3-4,14-15,17H2. The van der Waals surface area contributed by atoms with Crippen LogP contribution in [0.3, 0.4) is 0 Å². The minimum absolute atomic E-state index is 0.192. The first kappa shape index (κ1) is 21.5. The van der Waals surface area contributed by atoms with Gasteiger partial charge in [-0.2, -0.15) is 0 Å². The first-order valence-electron chi connectivity index (χ1n) is 10.9. The molecule has 166 valence electrons. The van der Waals surface area contributed by atoms with Crippen molar-refractivity contribution in [1.29, 1.82) is 0 Å². The molecule has 0 N–H and O–H groups in total. The van der Waals surface area contributed by atoms with Crippen LogP contribution < -0.4 is 5.56 Å². The maximum atomic E-state index is 13.9. The predicted molar refractivity (Wildman–Crippen MR) is 130 cm³/mol. The summed E-state index contributed by atoms with van der Waals surface area (Å²) in [5.41, 5.74) is 2.29. The van der Waals surface area contributed by atoms with E-state index in [1.54, 1.807) is 30.3 Å². The minimum atomic E-state index is -0.491. The van der Waals surface area contributed by atoms with Crippen molar-refractivity contribution in [1.82, 2.24) is 19.4 Å². The highest BCUT2D eigenvalue weighted by Gasteiger charge is 2.15. The second-order valence-corrected chi connectivity index (χ2v) is 8.50. The molecule has 0 aliphatic carbocycles. The van der Waals surface area contributed by atoms with E-state index in [9.17, 15) is 9.18 Å². The average molecular weight is 461 g/mol. The van der Waals surface area contributed by atoms with Gasteiger partial charge in [-0.05, 0) is 80.5 Å². The van der Waals surface area contributed by atoms with Crippen molar-refractivity contribution >= 4 is 34.7 Å². The minimum Gasteiger partial charge on any atom is -0.298 e. The Hall–Kier alpha value is -3.35. The molecule has 0 amide bonds. The number of aromatic nitrogens is 3. The van der Waals surface area contributed by atoms with Gasteiger partial charge < -0.3 is 0 Å². The third kappa shape index (κ3) is 4.58. The lowest BCUT2D eigenvalue weighted by Gasteiger charge is -2.14. The molecule has 0 radical (unpaired) electrons. The van der Waals surface area contributed by atoms with Crippen molar-refractivity contribution < 1.29 is 4.39 Å². The summed E-state index contributed by atoms with van der Waals surface area (Å²) in [4.78, 5) is 25.1. The molecule has 5 nitrogen and oxygen atoms in total. The fraction of sp³-hybridized carbons (Fsp3) is 0.192. The third-order valence-corrected chi connectivity index (χ3v) is 6.08. The summed E-state index contributed by atoms with van der Waals surface area (Å²) >= 11 is 6.40. The number of nitrogens with zero attached hydrogens (tertiary/aromatic N) is 4. The molecule has 0 bridgehead atoms. The van der Waals surface area contributed by atoms with E-state index >= 15 is 0 Å². The van der Waals surface area contributed by atoms with Crippen molar-refractivity contribution in [3.63, 3.8) is 0 Å². The molecule has 0 saturated carbocycles. The highest BCUT2D eigenvalue weighted by atomic mass is 35.5. The Kier molecular flexibility index (Phi) is 6.03. The summed E-state index contributed by atoms with van der Waals surface area (Å²) in [6.45, 7) is 3.03. The molecule has 0 spiro atoms. The van der Waals surface area contributed by atoms with E-state index in [0.29, 0.717) is 22.1 Å². The monoisotopic (exact) mass is 460 g/mol. The van der Waals surface area contributed by atoms with Crippen LogP contribution in [0.1, 0.15) is 30.1 Å². The number of halogens is 2. The third-order valence-electron chi connectivity index (χ3n) is 5.77. The molecular weight excluding hydrogens is 439 g/mol. The zero-order valence-corrected chi connectivity index (χ0v) is 18.7. The molecule has 1 fully saturated rings. The molecular formula is C26H22ClFN4O. The highest BCUT2D eigenvalue weighted by molar-refractivity contribution is 6.32. The van der Waals surface area contributed by atoms with Gasteiger partial charge in [0, 0.05) is 6.54 Å². The molecule has 33 heavy (non-hydrogen) atoms. The Labute approximate surface area is 195 Å². The van der Waals surface area contributed by atoms with Gasteiger partial charge in [0.05, 0.1) is 33.0 Å². The van der Waals surface area contributed by atoms with Gasteiger partial charge in [-0.1, -0.05) is 29.8 Å². The summed E-state index contributed by atoms with van der Waals surface area (Å²) in [5, 5.41) is 0.593. The van der Waals surface area contributed by atoms with Crippen LogP contribution in [0.15, 0.2) is 65.5 Å². The van der Waals surface area contributed by atoms with E-state index in [4.69, 9.17) is 16.6 Å². The number of pyridine rings is 1. The lowest BCUT2D eigenvalue weighted by atomic mass is 10.2. The van der Waals surface area contributed by atoms with Crippen molar-refractivity contribution in [3.05, 3.63) is 99.1 Å². The van der Waals surface area contributed by atoms with E-state index in [1.807, 2.05) is 24.3 Å². The number of para-hydroxylation sites is 1. The average Bonchev–Trinajstić information content (AvgIpc) is 3.32. The Morgan fingerprint density at radius 2 is 1.79 bits per heavy atom. The largest absolute Gasteiger partial charge is 0.298 e. The molecule has 2 aromatic carbocycles. The molecule has 0 atom stereocenters. The molecule has 3 heterocycles. The first-order chi connectivity index (χ1) is 16.1. The van der Waals surface area contributed by atoms with Crippen molar-refractivity contribution in [2.24, 2.45) is 0 Å². The fourth-order valence-electron chi connectivity index (χ4n) is 4.16. The molecule has 1 aliphatic heterocycles. The second-order valence-electron chi connectivity index (χ2n) is 8.09. The lowest BCUT2D eigenvalue weighted by Crippen LogP contribution is -2.22. The van der Waals surface area contributed by atoms with Gasteiger partial charge >= 0.3 is 0 Å². The van der Waals surface area contributed by atoms with Crippen LogP contribution >= 0.6 is 11.6 Å². The van der Waals surface area contributed by atoms with E-state index in [-0.39, 0.29) is 10.9 Å². The maximum absolute atomic E-state index is 13.9. The van der Waals surface area contributed by atoms with E-state index in [2.05, 4.69) is 9.88 Å². The van der Waals surface area contributed by atoms with Gasteiger partial charge in [-0.3, -0.25) is 19.2 Å². The van der Waals surface area contributed by atoms with Crippen LogP contribution in [-0.2, 0) is 6.54 Å². The molecule has 5 rings (SSSR count). The number of benzene rings is 2. The fourth-order valence-corrected chi connectivity index (χ4v) is 4.38. The Balaban J connectivity index is 1.58. The molecule has 4 aromatic rings. The second kappa shape index (κ2) is 9.25.